The van der Waals surface area contributed by atoms with E-state index in [0.29, 0.717) is 29.6 Å². The van der Waals surface area contributed by atoms with E-state index in [0.717, 1.165) is 24.1 Å². The Balaban J connectivity index is 1.27. The van der Waals surface area contributed by atoms with Crippen molar-refractivity contribution in [2.45, 2.75) is 31.5 Å². The second kappa shape index (κ2) is 8.72. The van der Waals surface area contributed by atoms with Crippen LogP contribution in [0.2, 0.25) is 0 Å². The molecule has 1 aliphatic carbocycles. The van der Waals surface area contributed by atoms with Crippen LogP contribution in [0.4, 0.5) is 0 Å². The zero-order chi connectivity index (χ0) is 20.1. The summed E-state index contributed by atoms with van der Waals surface area (Å²) in [6.45, 7) is 1.29. The molecule has 4 heteroatoms. The average Bonchev–Trinajstić information content (AvgIpc) is 3.57. The van der Waals surface area contributed by atoms with Gasteiger partial charge in [0.1, 0.15) is 0 Å². The van der Waals surface area contributed by atoms with Gasteiger partial charge in [0.05, 0.1) is 11.6 Å². The van der Waals surface area contributed by atoms with Gasteiger partial charge in [-0.25, -0.2) is 0 Å². The van der Waals surface area contributed by atoms with Crippen LogP contribution in [0.3, 0.4) is 0 Å². The SMILES string of the molecule is N#Cc1cccc(CN[C@@H]2C[C@H]2c2ccc(C(=O)NCc3ccccc3)cc2)c1. The van der Waals surface area contributed by atoms with Crippen molar-refractivity contribution in [2.75, 3.05) is 0 Å². The number of nitrogens with one attached hydrogen (secondary N) is 2. The van der Waals surface area contributed by atoms with Crippen molar-refractivity contribution >= 4 is 5.91 Å². The maximum atomic E-state index is 12.3. The Labute approximate surface area is 171 Å². The summed E-state index contributed by atoms with van der Waals surface area (Å²) in [7, 11) is 0. The first-order valence-electron chi connectivity index (χ1n) is 9.87. The lowest BCUT2D eigenvalue weighted by Gasteiger charge is -2.07. The molecule has 2 atom stereocenters. The van der Waals surface area contributed by atoms with Gasteiger partial charge in [-0.2, -0.15) is 5.26 Å². The molecule has 1 saturated carbocycles. The molecule has 3 aromatic rings. The first-order chi connectivity index (χ1) is 14.2. The van der Waals surface area contributed by atoms with Gasteiger partial charge in [0.2, 0.25) is 0 Å². The van der Waals surface area contributed by atoms with Crippen LogP contribution in [-0.4, -0.2) is 11.9 Å². The molecule has 1 fully saturated rings. The van der Waals surface area contributed by atoms with Gasteiger partial charge >= 0.3 is 0 Å². The number of carbonyl (C=O) groups is 1. The third kappa shape index (κ3) is 4.90. The summed E-state index contributed by atoms with van der Waals surface area (Å²) in [5, 5.41) is 15.5. The number of hydrogen-bond donors (Lipinski definition) is 2. The monoisotopic (exact) mass is 381 g/mol. The summed E-state index contributed by atoms with van der Waals surface area (Å²) in [6.07, 6.45) is 1.09. The fourth-order valence-electron chi connectivity index (χ4n) is 3.55. The molecule has 4 nitrogen and oxygen atoms in total. The van der Waals surface area contributed by atoms with Gasteiger partial charge in [-0.3, -0.25) is 4.79 Å². The van der Waals surface area contributed by atoms with E-state index in [2.05, 4.69) is 28.8 Å². The zero-order valence-corrected chi connectivity index (χ0v) is 16.1. The number of rotatable bonds is 7. The Morgan fingerprint density at radius 3 is 2.45 bits per heavy atom. The van der Waals surface area contributed by atoms with E-state index in [4.69, 9.17) is 5.26 Å². The maximum absolute atomic E-state index is 12.3. The molecule has 29 heavy (non-hydrogen) atoms. The number of nitrogens with zero attached hydrogens (tertiary/aromatic N) is 1. The summed E-state index contributed by atoms with van der Waals surface area (Å²) in [5.41, 5.74) is 4.85. The molecule has 0 aliphatic heterocycles. The predicted octanol–water partition coefficient (Wildman–Crippen LogP) is 4.13. The maximum Gasteiger partial charge on any atom is 0.251 e. The highest BCUT2D eigenvalue weighted by Gasteiger charge is 2.37. The van der Waals surface area contributed by atoms with Crippen molar-refractivity contribution in [1.82, 2.24) is 10.6 Å². The van der Waals surface area contributed by atoms with Gasteiger partial charge in [-0.15, -0.1) is 0 Å². The largest absolute Gasteiger partial charge is 0.348 e. The van der Waals surface area contributed by atoms with Crippen molar-refractivity contribution in [1.29, 1.82) is 5.26 Å². The molecule has 0 saturated heterocycles. The Morgan fingerprint density at radius 2 is 1.69 bits per heavy atom. The number of nitriles is 1. The van der Waals surface area contributed by atoms with Crippen LogP contribution in [0.15, 0.2) is 78.9 Å². The number of hydrogen-bond acceptors (Lipinski definition) is 3. The lowest BCUT2D eigenvalue weighted by Crippen LogP contribution is -2.22. The van der Waals surface area contributed by atoms with Gasteiger partial charge in [0, 0.05) is 30.6 Å². The van der Waals surface area contributed by atoms with E-state index >= 15 is 0 Å². The first kappa shape index (κ1) is 18.9. The van der Waals surface area contributed by atoms with Crippen LogP contribution in [0, 0.1) is 11.3 Å². The van der Waals surface area contributed by atoms with E-state index in [1.807, 2.05) is 66.7 Å². The molecule has 144 valence electrons. The summed E-state index contributed by atoms with van der Waals surface area (Å²) in [4.78, 5) is 12.3. The minimum atomic E-state index is -0.0525. The lowest BCUT2D eigenvalue weighted by atomic mass is 10.1. The Hall–Kier alpha value is -3.42. The van der Waals surface area contributed by atoms with E-state index in [1.165, 1.54) is 5.56 Å². The normalized spacial score (nSPS) is 17.3. The van der Waals surface area contributed by atoms with E-state index in [9.17, 15) is 4.79 Å². The van der Waals surface area contributed by atoms with E-state index in [1.54, 1.807) is 0 Å². The molecule has 0 bridgehead atoms. The first-order valence-corrected chi connectivity index (χ1v) is 9.87. The second-order valence-electron chi connectivity index (χ2n) is 7.43. The molecule has 1 amide bonds. The topological polar surface area (TPSA) is 64.9 Å². The van der Waals surface area contributed by atoms with Crippen LogP contribution in [0.1, 0.15) is 45.0 Å². The van der Waals surface area contributed by atoms with Crippen LogP contribution < -0.4 is 10.6 Å². The molecule has 0 radical (unpaired) electrons. The van der Waals surface area contributed by atoms with Gasteiger partial charge in [-0.05, 0) is 47.4 Å². The standard InChI is InChI=1S/C25H23N3O/c26-15-19-7-4-8-20(13-19)17-27-24-14-23(24)21-9-11-22(12-10-21)25(29)28-16-18-5-2-1-3-6-18/h1-13,23-24,27H,14,16-17H2,(H,28,29)/t23-,24+/m0/s1. The van der Waals surface area contributed by atoms with Crippen molar-refractivity contribution in [2.24, 2.45) is 0 Å². The molecule has 0 spiro atoms. The molecule has 0 unspecified atom stereocenters. The fourth-order valence-corrected chi connectivity index (χ4v) is 3.55. The quantitative estimate of drug-likeness (QED) is 0.647. The summed E-state index contributed by atoms with van der Waals surface area (Å²) >= 11 is 0. The highest BCUT2D eigenvalue weighted by molar-refractivity contribution is 5.94. The Kier molecular flexibility index (Phi) is 5.69. The third-order valence-corrected chi connectivity index (χ3v) is 5.31. The molecular weight excluding hydrogens is 358 g/mol. The van der Waals surface area contributed by atoms with Gasteiger partial charge in [-0.1, -0.05) is 54.6 Å². The Morgan fingerprint density at radius 1 is 0.931 bits per heavy atom. The van der Waals surface area contributed by atoms with E-state index < -0.39 is 0 Å². The number of carbonyl (C=O) groups excluding carboxylic acids is 1. The van der Waals surface area contributed by atoms with E-state index in [-0.39, 0.29) is 5.91 Å². The summed E-state index contributed by atoms with van der Waals surface area (Å²) in [6, 6.07) is 28.1. The van der Waals surface area contributed by atoms with Crippen molar-refractivity contribution < 1.29 is 4.79 Å². The number of amides is 1. The fraction of sp³-hybridized carbons (Fsp3) is 0.200. The molecule has 0 aromatic heterocycles. The highest BCUT2D eigenvalue weighted by atomic mass is 16.1. The lowest BCUT2D eigenvalue weighted by molar-refractivity contribution is 0.0951. The van der Waals surface area contributed by atoms with Crippen molar-refractivity contribution in [3.05, 3.63) is 107 Å². The molecule has 4 rings (SSSR count). The molecule has 1 aliphatic rings. The van der Waals surface area contributed by atoms with Crippen LogP contribution >= 0.6 is 0 Å². The summed E-state index contributed by atoms with van der Waals surface area (Å²) in [5.74, 6) is 0.429. The van der Waals surface area contributed by atoms with Crippen LogP contribution in [-0.2, 0) is 13.1 Å². The van der Waals surface area contributed by atoms with Crippen LogP contribution in [0.25, 0.3) is 0 Å². The minimum Gasteiger partial charge on any atom is -0.348 e. The van der Waals surface area contributed by atoms with Crippen LogP contribution in [0.5, 0.6) is 0 Å². The minimum absolute atomic E-state index is 0.0525. The highest BCUT2D eigenvalue weighted by Crippen LogP contribution is 2.41. The summed E-state index contributed by atoms with van der Waals surface area (Å²) < 4.78 is 0. The van der Waals surface area contributed by atoms with Gasteiger partial charge in [0.15, 0.2) is 0 Å². The molecular formula is C25H23N3O. The molecule has 3 aromatic carbocycles. The zero-order valence-electron chi connectivity index (χ0n) is 16.1. The molecule has 2 N–H and O–H groups in total. The van der Waals surface area contributed by atoms with Gasteiger partial charge in [0.25, 0.3) is 5.91 Å². The average molecular weight is 381 g/mol. The third-order valence-electron chi connectivity index (χ3n) is 5.31. The Bertz CT molecular complexity index is 1020. The van der Waals surface area contributed by atoms with Crippen molar-refractivity contribution in [3.63, 3.8) is 0 Å². The number of benzene rings is 3. The second-order valence-corrected chi connectivity index (χ2v) is 7.43. The predicted molar refractivity (Wildman–Crippen MR) is 113 cm³/mol. The molecule has 0 heterocycles. The van der Waals surface area contributed by atoms with Gasteiger partial charge < -0.3 is 10.6 Å². The smallest absolute Gasteiger partial charge is 0.251 e. The van der Waals surface area contributed by atoms with Crippen molar-refractivity contribution in [3.8, 4) is 6.07 Å².